The second-order valence-electron chi connectivity index (χ2n) is 4.62. The molecule has 0 bridgehead atoms. The molecule has 2 aromatic heterocycles. The summed E-state index contributed by atoms with van der Waals surface area (Å²) < 4.78 is 39.8. The zero-order valence-corrected chi connectivity index (χ0v) is 11.8. The molecule has 0 fully saturated rings. The van der Waals surface area contributed by atoms with E-state index in [1.165, 1.54) is 17.4 Å². The quantitative estimate of drug-likeness (QED) is 0.788. The Labute approximate surface area is 122 Å². The van der Waals surface area contributed by atoms with Gasteiger partial charge in [0.25, 0.3) is 0 Å². The molecular formula is C13H11F3N4S. The summed E-state index contributed by atoms with van der Waals surface area (Å²) >= 11 is 1.51. The topological polar surface area (TPSA) is 56.7 Å². The number of imidazole rings is 1. The van der Waals surface area contributed by atoms with Gasteiger partial charge in [-0.2, -0.15) is 13.2 Å². The van der Waals surface area contributed by atoms with E-state index in [0.717, 1.165) is 22.8 Å². The summed E-state index contributed by atoms with van der Waals surface area (Å²) in [6.45, 7) is 2.27. The molecular weight excluding hydrogens is 301 g/mol. The first-order valence-electron chi connectivity index (χ1n) is 6.08. The molecule has 3 aromatic rings. The maximum Gasteiger partial charge on any atom is 0.416 e. The van der Waals surface area contributed by atoms with Crippen LogP contribution >= 0.6 is 11.3 Å². The number of thiazole rings is 1. The van der Waals surface area contributed by atoms with Gasteiger partial charge in [0, 0.05) is 5.38 Å². The van der Waals surface area contributed by atoms with E-state index in [1.54, 1.807) is 4.57 Å². The Bertz CT molecular complexity index is 803. The first-order chi connectivity index (χ1) is 9.84. The van der Waals surface area contributed by atoms with Crippen molar-refractivity contribution < 1.29 is 13.2 Å². The molecule has 21 heavy (non-hydrogen) atoms. The largest absolute Gasteiger partial charge is 0.416 e. The number of fused-ring (bicyclic) bond motifs is 1. The highest BCUT2D eigenvalue weighted by Crippen LogP contribution is 2.32. The van der Waals surface area contributed by atoms with Gasteiger partial charge in [0.2, 0.25) is 5.95 Å². The van der Waals surface area contributed by atoms with Crippen LogP contribution in [0.15, 0.2) is 23.6 Å². The van der Waals surface area contributed by atoms with Crippen LogP contribution in [0.4, 0.5) is 19.1 Å². The minimum Gasteiger partial charge on any atom is -0.369 e. The number of aromatic nitrogens is 3. The lowest BCUT2D eigenvalue weighted by Gasteiger charge is -2.07. The van der Waals surface area contributed by atoms with Gasteiger partial charge < -0.3 is 10.3 Å². The Kier molecular flexibility index (Phi) is 3.12. The lowest BCUT2D eigenvalue weighted by atomic mass is 10.2. The van der Waals surface area contributed by atoms with Crippen molar-refractivity contribution in [1.82, 2.24) is 14.5 Å². The van der Waals surface area contributed by atoms with E-state index in [1.807, 2.05) is 12.3 Å². The first-order valence-corrected chi connectivity index (χ1v) is 6.96. The van der Waals surface area contributed by atoms with E-state index in [2.05, 4.69) is 9.97 Å². The summed E-state index contributed by atoms with van der Waals surface area (Å²) in [5.41, 5.74) is 6.68. The van der Waals surface area contributed by atoms with E-state index >= 15 is 0 Å². The van der Waals surface area contributed by atoms with E-state index in [9.17, 15) is 13.2 Å². The summed E-state index contributed by atoms with van der Waals surface area (Å²) in [5.74, 6) is 0.176. The van der Waals surface area contributed by atoms with Gasteiger partial charge in [-0.3, -0.25) is 0 Å². The number of benzene rings is 1. The maximum absolute atomic E-state index is 12.7. The second-order valence-corrected chi connectivity index (χ2v) is 5.68. The zero-order valence-electron chi connectivity index (χ0n) is 11.0. The molecule has 0 spiro atoms. The average molecular weight is 312 g/mol. The van der Waals surface area contributed by atoms with Crippen molar-refractivity contribution in [3.63, 3.8) is 0 Å². The van der Waals surface area contributed by atoms with Gasteiger partial charge >= 0.3 is 6.18 Å². The molecule has 0 atom stereocenters. The number of rotatable bonds is 2. The molecule has 1 aromatic carbocycles. The molecule has 0 radical (unpaired) electrons. The van der Waals surface area contributed by atoms with Crippen LogP contribution in [-0.2, 0) is 12.7 Å². The van der Waals surface area contributed by atoms with Gasteiger partial charge in [0.05, 0.1) is 33.8 Å². The highest BCUT2D eigenvalue weighted by Gasteiger charge is 2.31. The predicted molar refractivity (Wildman–Crippen MR) is 75.1 cm³/mol. The number of hydrogen-bond acceptors (Lipinski definition) is 4. The standard InChI is InChI=1S/C13H11F3N4S/c1-7-18-9(6-21-7)5-20-11-3-2-8(13(14,15)16)4-10(11)19-12(20)17/h2-4,6H,5H2,1H3,(H2,17,19). The van der Waals surface area contributed by atoms with Crippen molar-refractivity contribution in [2.75, 3.05) is 5.73 Å². The van der Waals surface area contributed by atoms with Gasteiger partial charge in [-0.05, 0) is 25.1 Å². The smallest absolute Gasteiger partial charge is 0.369 e. The Balaban J connectivity index is 2.05. The molecule has 0 aliphatic rings. The monoisotopic (exact) mass is 312 g/mol. The Morgan fingerprint density at radius 2 is 2.05 bits per heavy atom. The van der Waals surface area contributed by atoms with Crippen molar-refractivity contribution in [2.24, 2.45) is 0 Å². The van der Waals surface area contributed by atoms with Crippen LogP contribution in [0.1, 0.15) is 16.3 Å². The van der Waals surface area contributed by atoms with Crippen molar-refractivity contribution in [2.45, 2.75) is 19.6 Å². The SMILES string of the molecule is Cc1nc(Cn2c(N)nc3cc(C(F)(F)F)ccc32)cs1. The number of alkyl halides is 3. The van der Waals surface area contributed by atoms with Crippen molar-refractivity contribution in [3.8, 4) is 0 Å². The molecule has 2 heterocycles. The molecule has 0 saturated heterocycles. The molecule has 2 N–H and O–H groups in total. The van der Waals surface area contributed by atoms with Crippen molar-refractivity contribution in [3.05, 3.63) is 39.8 Å². The van der Waals surface area contributed by atoms with Crippen LogP contribution in [0.25, 0.3) is 11.0 Å². The molecule has 0 amide bonds. The van der Waals surface area contributed by atoms with Gasteiger partial charge in [0.15, 0.2) is 0 Å². The Morgan fingerprint density at radius 1 is 1.29 bits per heavy atom. The number of anilines is 1. The summed E-state index contributed by atoms with van der Waals surface area (Å²) in [5, 5.41) is 2.82. The molecule has 4 nitrogen and oxygen atoms in total. The summed E-state index contributed by atoms with van der Waals surface area (Å²) in [6, 6.07) is 3.43. The molecule has 0 aliphatic carbocycles. The summed E-state index contributed by atoms with van der Waals surface area (Å²) in [6.07, 6.45) is -4.39. The van der Waals surface area contributed by atoms with Gasteiger partial charge in [-0.15, -0.1) is 11.3 Å². The lowest BCUT2D eigenvalue weighted by Crippen LogP contribution is -2.06. The first kappa shape index (κ1) is 13.9. The molecule has 0 aliphatic heterocycles. The van der Waals surface area contributed by atoms with Crippen molar-refractivity contribution in [1.29, 1.82) is 0 Å². The predicted octanol–water partition coefficient (Wildman–Crippen LogP) is 3.45. The molecule has 3 rings (SSSR count). The number of halogens is 3. The number of nitrogens with zero attached hydrogens (tertiary/aromatic N) is 3. The van der Waals surface area contributed by atoms with Crippen LogP contribution in [0.3, 0.4) is 0 Å². The third-order valence-corrected chi connectivity index (χ3v) is 3.91. The lowest BCUT2D eigenvalue weighted by molar-refractivity contribution is -0.137. The fourth-order valence-electron chi connectivity index (χ4n) is 2.13. The van der Waals surface area contributed by atoms with Crippen molar-refractivity contribution >= 4 is 28.3 Å². The van der Waals surface area contributed by atoms with Crippen LogP contribution in [-0.4, -0.2) is 14.5 Å². The van der Waals surface area contributed by atoms with E-state index in [0.29, 0.717) is 12.1 Å². The molecule has 8 heteroatoms. The van der Waals surface area contributed by atoms with Crippen LogP contribution in [0.2, 0.25) is 0 Å². The molecule has 0 unspecified atom stereocenters. The van der Waals surface area contributed by atoms with Gasteiger partial charge in [-0.25, -0.2) is 9.97 Å². The van der Waals surface area contributed by atoms with E-state index < -0.39 is 11.7 Å². The van der Waals surface area contributed by atoms with Crippen LogP contribution in [0, 0.1) is 6.92 Å². The normalized spacial score (nSPS) is 12.2. The van der Waals surface area contributed by atoms with E-state index in [-0.39, 0.29) is 11.5 Å². The fourth-order valence-corrected chi connectivity index (χ4v) is 2.74. The van der Waals surface area contributed by atoms with Gasteiger partial charge in [-0.1, -0.05) is 0 Å². The minimum absolute atomic E-state index is 0.176. The maximum atomic E-state index is 12.7. The summed E-state index contributed by atoms with van der Waals surface area (Å²) in [4.78, 5) is 8.33. The number of hydrogen-bond donors (Lipinski definition) is 1. The van der Waals surface area contributed by atoms with Crippen LogP contribution < -0.4 is 5.73 Å². The Morgan fingerprint density at radius 3 is 2.67 bits per heavy atom. The highest BCUT2D eigenvalue weighted by molar-refractivity contribution is 7.09. The fraction of sp³-hybridized carbons (Fsp3) is 0.231. The average Bonchev–Trinajstić information content (AvgIpc) is 2.93. The second kappa shape index (κ2) is 4.73. The minimum atomic E-state index is -4.39. The number of nitrogen functional groups attached to an aromatic ring is 1. The van der Waals surface area contributed by atoms with Gasteiger partial charge in [0.1, 0.15) is 0 Å². The zero-order chi connectivity index (χ0) is 15.2. The third kappa shape index (κ3) is 2.58. The van der Waals surface area contributed by atoms with E-state index in [4.69, 9.17) is 5.73 Å². The van der Waals surface area contributed by atoms with Crippen LogP contribution in [0.5, 0.6) is 0 Å². The molecule has 0 saturated carbocycles. The number of aryl methyl sites for hydroxylation is 1. The Hall–Kier alpha value is -2.09. The summed E-state index contributed by atoms with van der Waals surface area (Å²) in [7, 11) is 0. The molecule has 110 valence electrons. The third-order valence-electron chi connectivity index (χ3n) is 3.09. The number of nitrogens with two attached hydrogens (primary N) is 1. The highest BCUT2D eigenvalue weighted by atomic mass is 32.1.